The van der Waals surface area contributed by atoms with Crippen LogP contribution in [0.2, 0.25) is 0 Å². The highest BCUT2D eigenvalue weighted by atomic mass is 79.9. The maximum Gasteiger partial charge on any atom is 0.120 e. The van der Waals surface area contributed by atoms with E-state index in [4.69, 9.17) is 9.47 Å². The summed E-state index contributed by atoms with van der Waals surface area (Å²) >= 11 is 3.54. The maximum atomic E-state index is 6.31. The fourth-order valence-corrected chi connectivity index (χ4v) is 4.18. The lowest BCUT2D eigenvalue weighted by Crippen LogP contribution is -2.33. The normalized spacial score (nSPS) is 18.7. The molecule has 0 N–H and O–H groups in total. The minimum absolute atomic E-state index is 0.171. The van der Waals surface area contributed by atoms with Crippen LogP contribution in [-0.4, -0.2) is 6.10 Å². The van der Waals surface area contributed by atoms with Crippen molar-refractivity contribution >= 4 is 15.9 Å². The van der Waals surface area contributed by atoms with Gasteiger partial charge in [-0.15, -0.1) is 0 Å². The molecule has 0 bridgehead atoms. The molecule has 0 radical (unpaired) electrons. The van der Waals surface area contributed by atoms with E-state index in [0.29, 0.717) is 19.1 Å². The molecular weight excluding hydrogens is 412 g/mol. The van der Waals surface area contributed by atoms with Gasteiger partial charge in [0.05, 0.1) is 12.7 Å². The van der Waals surface area contributed by atoms with Crippen molar-refractivity contribution in [3.05, 3.63) is 99.5 Å². The first-order chi connectivity index (χ1) is 13.6. The highest BCUT2D eigenvalue weighted by molar-refractivity contribution is 9.10. The van der Waals surface area contributed by atoms with Gasteiger partial charge in [-0.2, -0.15) is 0 Å². The third kappa shape index (κ3) is 4.16. The number of rotatable bonds is 5. The van der Waals surface area contributed by atoms with Crippen LogP contribution in [0.25, 0.3) is 0 Å². The first-order valence-corrected chi connectivity index (χ1v) is 10.6. The SMILES string of the molecule is CC(C)C1OCc2cc(OCc3ccccc3)ccc2C1c1ccc(Br)cc1. The van der Waals surface area contributed by atoms with Gasteiger partial charge in [0.25, 0.3) is 0 Å². The highest BCUT2D eigenvalue weighted by Crippen LogP contribution is 2.41. The fraction of sp³-hybridized carbons (Fsp3) is 0.280. The summed E-state index contributed by atoms with van der Waals surface area (Å²) in [5.41, 5.74) is 5.03. The zero-order valence-corrected chi connectivity index (χ0v) is 17.9. The van der Waals surface area contributed by atoms with Gasteiger partial charge in [-0.1, -0.05) is 78.3 Å². The quantitative estimate of drug-likeness (QED) is 0.442. The minimum atomic E-state index is 0.171. The molecule has 2 atom stereocenters. The molecule has 0 saturated carbocycles. The Labute approximate surface area is 175 Å². The van der Waals surface area contributed by atoms with Crippen molar-refractivity contribution < 1.29 is 9.47 Å². The van der Waals surface area contributed by atoms with Crippen LogP contribution in [0, 0.1) is 5.92 Å². The largest absolute Gasteiger partial charge is 0.489 e. The number of fused-ring (bicyclic) bond motifs is 1. The Hall–Kier alpha value is -2.10. The summed E-state index contributed by atoms with van der Waals surface area (Å²) in [5, 5.41) is 0. The average molecular weight is 437 g/mol. The Balaban J connectivity index is 1.62. The average Bonchev–Trinajstić information content (AvgIpc) is 2.72. The number of hydrogen-bond donors (Lipinski definition) is 0. The van der Waals surface area contributed by atoms with E-state index < -0.39 is 0 Å². The van der Waals surface area contributed by atoms with E-state index >= 15 is 0 Å². The molecule has 3 aromatic rings. The summed E-state index contributed by atoms with van der Waals surface area (Å²) in [6.45, 7) is 5.68. The van der Waals surface area contributed by atoms with Gasteiger partial charge in [0.15, 0.2) is 0 Å². The first kappa shape index (κ1) is 19.2. The van der Waals surface area contributed by atoms with Crippen LogP contribution in [0.4, 0.5) is 0 Å². The van der Waals surface area contributed by atoms with E-state index in [1.165, 1.54) is 22.3 Å². The van der Waals surface area contributed by atoms with Crippen LogP contribution < -0.4 is 4.74 Å². The molecule has 0 aromatic heterocycles. The Bertz CT molecular complexity index is 919. The second-order valence-electron chi connectivity index (χ2n) is 7.68. The minimum Gasteiger partial charge on any atom is -0.489 e. The zero-order chi connectivity index (χ0) is 19.5. The van der Waals surface area contributed by atoms with Gasteiger partial charge >= 0.3 is 0 Å². The Morgan fingerprint density at radius 3 is 2.46 bits per heavy atom. The molecule has 1 heterocycles. The summed E-state index contributed by atoms with van der Waals surface area (Å²) < 4.78 is 13.4. The molecule has 1 aliphatic rings. The molecule has 0 spiro atoms. The van der Waals surface area contributed by atoms with Crippen LogP contribution >= 0.6 is 15.9 Å². The third-order valence-corrected chi connectivity index (χ3v) is 5.87. The lowest BCUT2D eigenvalue weighted by atomic mass is 9.78. The second-order valence-corrected chi connectivity index (χ2v) is 8.60. The van der Waals surface area contributed by atoms with Crippen LogP contribution in [0.5, 0.6) is 5.75 Å². The Morgan fingerprint density at radius 1 is 1.00 bits per heavy atom. The lowest BCUT2D eigenvalue weighted by molar-refractivity contribution is -0.0124. The summed E-state index contributed by atoms with van der Waals surface area (Å²) in [6.07, 6.45) is 0.171. The zero-order valence-electron chi connectivity index (χ0n) is 16.3. The molecule has 3 aromatic carbocycles. The van der Waals surface area contributed by atoms with Crippen molar-refractivity contribution in [3.8, 4) is 5.75 Å². The molecule has 1 aliphatic heterocycles. The summed E-state index contributed by atoms with van der Waals surface area (Å²) in [7, 11) is 0. The molecule has 4 rings (SSSR count). The molecule has 28 heavy (non-hydrogen) atoms. The van der Waals surface area contributed by atoms with Crippen molar-refractivity contribution in [2.45, 2.75) is 39.1 Å². The number of benzene rings is 3. The number of hydrogen-bond acceptors (Lipinski definition) is 2. The van der Waals surface area contributed by atoms with Crippen LogP contribution in [0.15, 0.2) is 77.3 Å². The summed E-state index contributed by atoms with van der Waals surface area (Å²) in [4.78, 5) is 0. The predicted octanol–water partition coefficient (Wildman–Crippen LogP) is 6.71. The van der Waals surface area contributed by atoms with Crippen molar-refractivity contribution in [1.82, 2.24) is 0 Å². The van der Waals surface area contributed by atoms with Gasteiger partial charge in [-0.3, -0.25) is 0 Å². The van der Waals surface area contributed by atoms with Crippen LogP contribution in [0.1, 0.15) is 42.0 Å². The van der Waals surface area contributed by atoms with Gasteiger partial charge in [-0.05, 0) is 52.4 Å². The summed E-state index contributed by atoms with van der Waals surface area (Å²) in [5.74, 6) is 1.57. The summed E-state index contributed by atoms with van der Waals surface area (Å²) in [6, 6.07) is 25.3. The second kappa shape index (κ2) is 8.50. The third-order valence-electron chi connectivity index (χ3n) is 5.34. The Morgan fingerprint density at radius 2 is 1.75 bits per heavy atom. The van der Waals surface area contributed by atoms with E-state index in [9.17, 15) is 0 Å². The molecular formula is C25H25BrO2. The molecule has 3 heteroatoms. The number of halogens is 1. The van der Waals surface area contributed by atoms with E-state index in [0.717, 1.165) is 10.2 Å². The molecule has 2 unspecified atom stereocenters. The molecule has 144 valence electrons. The topological polar surface area (TPSA) is 18.5 Å². The molecule has 0 aliphatic carbocycles. The predicted molar refractivity (Wildman–Crippen MR) is 117 cm³/mol. The molecule has 2 nitrogen and oxygen atoms in total. The Kier molecular flexibility index (Phi) is 5.84. The van der Waals surface area contributed by atoms with Crippen LogP contribution in [0.3, 0.4) is 0 Å². The lowest BCUT2D eigenvalue weighted by Gasteiger charge is -2.36. The monoisotopic (exact) mass is 436 g/mol. The maximum absolute atomic E-state index is 6.31. The number of ether oxygens (including phenoxy) is 2. The van der Waals surface area contributed by atoms with E-state index in [-0.39, 0.29) is 12.0 Å². The van der Waals surface area contributed by atoms with Crippen LogP contribution in [-0.2, 0) is 18.0 Å². The standard InChI is InChI=1S/C25H25BrO2/c1-17(2)25-24(19-8-10-21(26)11-9-19)23-13-12-22(14-20(23)16-28-25)27-15-18-6-4-3-5-7-18/h3-14,17,24-25H,15-16H2,1-2H3. The van der Waals surface area contributed by atoms with Crippen molar-refractivity contribution in [2.75, 3.05) is 0 Å². The highest BCUT2D eigenvalue weighted by Gasteiger charge is 2.33. The fourth-order valence-electron chi connectivity index (χ4n) is 3.92. The van der Waals surface area contributed by atoms with Gasteiger partial charge < -0.3 is 9.47 Å². The van der Waals surface area contributed by atoms with Gasteiger partial charge in [-0.25, -0.2) is 0 Å². The van der Waals surface area contributed by atoms with Gasteiger partial charge in [0, 0.05) is 10.4 Å². The van der Waals surface area contributed by atoms with E-state index in [1.54, 1.807) is 0 Å². The van der Waals surface area contributed by atoms with Gasteiger partial charge in [0.1, 0.15) is 12.4 Å². The smallest absolute Gasteiger partial charge is 0.120 e. The first-order valence-electron chi connectivity index (χ1n) is 9.78. The van der Waals surface area contributed by atoms with E-state index in [2.05, 4.69) is 84.4 Å². The molecule has 0 saturated heterocycles. The van der Waals surface area contributed by atoms with Crippen molar-refractivity contribution in [3.63, 3.8) is 0 Å². The van der Waals surface area contributed by atoms with Crippen molar-refractivity contribution in [2.24, 2.45) is 5.92 Å². The van der Waals surface area contributed by atoms with E-state index in [1.807, 2.05) is 18.2 Å². The molecule has 0 fully saturated rings. The molecule has 0 amide bonds. The van der Waals surface area contributed by atoms with Crippen molar-refractivity contribution in [1.29, 1.82) is 0 Å². The van der Waals surface area contributed by atoms with Gasteiger partial charge in [0.2, 0.25) is 0 Å².